The molecule has 0 spiro atoms. The Kier molecular flexibility index (Phi) is 11.4. The van der Waals surface area contributed by atoms with Gasteiger partial charge < -0.3 is 10.2 Å². The van der Waals surface area contributed by atoms with Crippen LogP contribution in [0.3, 0.4) is 0 Å². The lowest BCUT2D eigenvalue weighted by atomic mass is 10.0. The molecule has 0 bridgehead atoms. The summed E-state index contributed by atoms with van der Waals surface area (Å²) in [6, 6.07) is 26.4. The second-order valence-electron chi connectivity index (χ2n) is 11.0. The third kappa shape index (κ3) is 8.93. The molecule has 0 fully saturated rings. The highest BCUT2D eigenvalue weighted by Gasteiger charge is 2.35. The average molecular weight is 650 g/mol. The molecule has 10 heteroatoms. The number of carbonyl (C=O) groups is 2. The molecule has 45 heavy (non-hydrogen) atoms. The summed E-state index contributed by atoms with van der Waals surface area (Å²) in [5, 5.41) is 3.29. The first-order valence-corrected chi connectivity index (χ1v) is 16.5. The van der Waals surface area contributed by atoms with Gasteiger partial charge in [-0.25, -0.2) is 12.8 Å². The van der Waals surface area contributed by atoms with E-state index in [-0.39, 0.29) is 35.5 Å². The molecule has 0 aromatic heterocycles. The maximum Gasteiger partial charge on any atom is 0.264 e. The Bertz CT molecular complexity index is 1700. The van der Waals surface area contributed by atoms with Gasteiger partial charge in [0.25, 0.3) is 10.0 Å². The second-order valence-corrected chi connectivity index (χ2v) is 13.3. The molecule has 0 heterocycles. The third-order valence-corrected chi connectivity index (χ3v) is 9.55. The first-order valence-electron chi connectivity index (χ1n) is 14.7. The lowest BCUT2D eigenvalue weighted by Crippen LogP contribution is -2.54. The van der Waals surface area contributed by atoms with Crippen molar-refractivity contribution in [2.24, 2.45) is 0 Å². The fourth-order valence-electron chi connectivity index (χ4n) is 4.78. The molecule has 4 aromatic carbocycles. The minimum atomic E-state index is -4.25. The van der Waals surface area contributed by atoms with Crippen molar-refractivity contribution >= 4 is 39.1 Å². The predicted octanol–water partition coefficient (Wildman–Crippen LogP) is 6.54. The van der Waals surface area contributed by atoms with E-state index in [0.29, 0.717) is 17.0 Å². The van der Waals surface area contributed by atoms with Crippen molar-refractivity contribution in [3.8, 4) is 0 Å². The number of rotatable bonds is 13. The number of nitrogens with zero attached hydrogens (tertiary/aromatic N) is 2. The van der Waals surface area contributed by atoms with Gasteiger partial charge in [-0.2, -0.15) is 0 Å². The van der Waals surface area contributed by atoms with E-state index in [1.165, 1.54) is 35.2 Å². The van der Waals surface area contributed by atoms with Gasteiger partial charge in [0, 0.05) is 24.0 Å². The Labute approximate surface area is 269 Å². The van der Waals surface area contributed by atoms with Crippen molar-refractivity contribution in [3.63, 3.8) is 0 Å². The molecular weight excluding hydrogens is 613 g/mol. The summed E-state index contributed by atoms with van der Waals surface area (Å²) in [4.78, 5) is 29.7. The molecule has 236 valence electrons. The number of nitrogens with one attached hydrogen (secondary N) is 1. The lowest BCUT2D eigenvalue weighted by molar-refractivity contribution is -0.140. The number of hydrogen-bond acceptors (Lipinski definition) is 4. The molecule has 0 aliphatic heterocycles. The van der Waals surface area contributed by atoms with Gasteiger partial charge >= 0.3 is 0 Å². The number of benzene rings is 4. The fraction of sp³-hybridized carbons (Fsp3) is 0.257. The quantitative estimate of drug-likeness (QED) is 0.178. The van der Waals surface area contributed by atoms with Crippen LogP contribution in [0.15, 0.2) is 108 Å². The van der Waals surface area contributed by atoms with Crippen LogP contribution in [0, 0.1) is 12.7 Å². The summed E-state index contributed by atoms with van der Waals surface area (Å²) in [7, 11) is -4.25. The zero-order valence-electron chi connectivity index (χ0n) is 25.5. The number of anilines is 1. The molecule has 0 saturated heterocycles. The molecule has 2 atom stereocenters. The van der Waals surface area contributed by atoms with Crippen LogP contribution < -0.4 is 9.62 Å². The van der Waals surface area contributed by atoms with Gasteiger partial charge in [-0.1, -0.05) is 84.8 Å². The highest BCUT2D eigenvalue weighted by Crippen LogP contribution is 2.27. The van der Waals surface area contributed by atoms with Crippen molar-refractivity contribution in [3.05, 3.63) is 131 Å². The van der Waals surface area contributed by atoms with Gasteiger partial charge in [0.05, 0.1) is 10.6 Å². The molecule has 0 aliphatic rings. The van der Waals surface area contributed by atoms with Gasteiger partial charge in [-0.3, -0.25) is 13.9 Å². The van der Waals surface area contributed by atoms with Crippen LogP contribution in [0.5, 0.6) is 0 Å². The third-order valence-electron chi connectivity index (χ3n) is 7.52. The van der Waals surface area contributed by atoms with Crippen LogP contribution in [0.1, 0.15) is 37.0 Å². The monoisotopic (exact) mass is 649 g/mol. The number of carbonyl (C=O) groups excluding carboxylic acids is 2. The summed E-state index contributed by atoms with van der Waals surface area (Å²) in [5.74, 6) is -1.43. The Morgan fingerprint density at radius 1 is 0.889 bits per heavy atom. The summed E-state index contributed by atoms with van der Waals surface area (Å²) in [6.45, 7) is 4.99. The molecule has 0 aliphatic carbocycles. The minimum Gasteiger partial charge on any atom is -0.352 e. The van der Waals surface area contributed by atoms with Crippen molar-refractivity contribution < 1.29 is 22.4 Å². The fourth-order valence-corrected chi connectivity index (χ4v) is 6.37. The van der Waals surface area contributed by atoms with E-state index >= 15 is 0 Å². The SMILES string of the molecule is CC[C@H](C)NC(=O)[C@@H](Cc1ccccc1)N(Cc1ccc(F)cc1)C(=O)CN(c1cccc(Cl)c1)S(=O)(=O)c1ccc(C)cc1. The Morgan fingerprint density at radius 2 is 1.56 bits per heavy atom. The number of hydrogen-bond donors (Lipinski definition) is 1. The van der Waals surface area contributed by atoms with Crippen LogP contribution in [0.4, 0.5) is 10.1 Å². The first kappa shape index (κ1) is 33.7. The number of amides is 2. The maximum atomic E-state index is 14.4. The predicted molar refractivity (Wildman–Crippen MR) is 176 cm³/mol. The smallest absolute Gasteiger partial charge is 0.264 e. The lowest BCUT2D eigenvalue weighted by Gasteiger charge is -2.34. The second kappa shape index (κ2) is 15.2. The summed E-state index contributed by atoms with van der Waals surface area (Å²) >= 11 is 6.27. The van der Waals surface area contributed by atoms with Gasteiger partial charge in [-0.15, -0.1) is 0 Å². The van der Waals surface area contributed by atoms with Crippen LogP contribution >= 0.6 is 11.6 Å². The maximum absolute atomic E-state index is 14.4. The van der Waals surface area contributed by atoms with Crippen LogP contribution in [0.2, 0.25) is 5.02 Å². The molecule has 0 radical (unpaired) electrons. The van der Waals surface area contributed by atoms with Gasteiger partial charge in [0.1, 0.15) is 18.4 Å². The standard InChI is InChI=1S/C35H37ClFN3O4S/c1-4-26(3)38-35(42)33(21-27-9-6-5-7-10-27)39(23-28-15-17-30(37)18-16-28)34(41)24-40(31-12-8-11-29(36)22-31)45(43,44)32-19-13-25(2)14-20-32/h5-20,22,26,33H,4,21,23-24H2,1-3H3,(H,38,42)/t26-,33+/m0/s1. The van der Waals surface area contributed by atoms with Crippen LogP contribution in [-0.2, 0) is 32.6 Å². The molecule has 0 saturated carbocycles. The van der Waals surface area contributed by atoms with E-state index in [2.05, 4.69) is 5.32 Å². The van der Waals surface area contributed by atoms with Crippen molar-refractivity contribution in [1.82, 2.24) is 10.2 Å². The van der Waals surface area contributed by atoms with Crippen molar-refractivity contribution in [2.45, 2.75) is 57.1 Å². The molecule has 2 amide bonds. The number of halogens is 2. The van der Waals surface area contributed by atoms with E-state index in [1.54, 1.807) is 42.5 Å². The van der Waals surface area contributed by atoms with E-state index in [9.17, 15) is 22.4 Å². The molecule has 1 N–H and O–H groups in total. The summed E-state index contributed by atoms with van der Waals surface area (Å²) in [5.41, 5.74) is 2.47. The topological polar surface area (TPSA) is 86.8 Å². The Balaban J connectivity index is 1.80. The summed E-state index contributed by atoms with van der Waals surface area (Å²) in [6.07, 6.45) is 0.852. The van der Waals surface area contributed by atoms with Gasteiger partial charge in [0.15, 0.2) is 0 Å². The van der Waals surface area contributed by atoms with E-state index < -0.39 is 34.3 Å². The molecule has 4 aromatic rings. The average Bonchev–Trinajstić information content (AvgIpc) is 3.02. The zero-order valence-corrected chi connectivity index (χ0v) is 27.1. The highest BCUT2D eigenvalue weighted by atomic mass is 35.5. The van der Waals surface area contributed by atoms with Crippen molar-refractivity contribution in [2.75, 3.05) is 10.8 Å². The largest absolute Gasteiger partial charge is 0.352 e. The van der Waals surface area contributed by atoms with E-state index in [0.717, 1.165) is 15.4 Å². The normalized spacial score (nSPS) is 12.6. The highest BCUT2D eigenvalue weighted by molar-refractivity contribution is 7.92. The van der Waals surface area contributed by atoms with E-state index in [4.69, 9.17) is 11.6 Å². The van der Waals surface area contributed by atoms with E-state index in [1.807, 2.05) is 51.1 Å². The first-order chi connectivity index (χ1) is 21.5. The van der Waals surface area contributed by atoms with Crippen LogP contribution in [-0.4, -0.2) is 43.8 Å². The minimum absolute atomic E-state index is 0.00121. The number of aryl methyl sites for hydroxylation is 1. The molecular formula is C35H37ClFN3O4S. The molecule has 0 unspecified atom stereocenters. The zero-order chi connectivity index (χ0) is 32.6. The Hall–Kier alpha value is -4.21. The number of sulfonamides is 1. The molecule has 4 rings (SSSR count). The van der Waals surface area contributed by atoms with Gasteiger partial charge in [0.2, 0.25) is 11.8 Å². The van der Waals surface area contributed by atoms with Crippen LogP contribution in [0.25, 0.3) is 0 Å². The Morgan fingerprint density at radius 3 is 2.18 bits per heavy atom. The summed E-state index contributed by atoms with van der Waals surface area (Å²) < 4.78 is 43.0. The van der Waals surface area contributed by atoms with Crippen molar-refractivity contribution in [1.29, 1.82) is 0 Å². The van der Waals surface area contributed by atoms with Gasteiger partial charge in [-0.05, 0) is 73.9 Å². The molecule has 7 nitrogen and oxygen atoms in total.